The Morgan fingerprint density at radius 3 is 2.40 bits per heavy atom. The molecule has 4 aromatic carbocycles. The molecule has 0 fully saturated rings. The van der Waals surface area contributed by atoms with E-state index >= 15 is 0 Å². The van der Waals surface area contributed by atoms with Crippen LogP contribution in [0.25, 0.3) is 11.1 Å². The smallest absolute Gasteiger partial charge is 0.340 e. The van der Waals surface area contributed by atoms with Crippen LogP contribution in [0.1, 0.15) is 44.6 Å². The molecule has 0 aromatic heterocycles. The number of carbonyl (C=O) groups excluding carboxylic acids is 1. The first-order chi connectivity index (χ1) is 17.0. The van der Waals surface area contributed by atoms with Gasteiger partial charge in [-0.25, -0.2) is 13.6 Å². The number of nitriles is 1. The van der Waals surface area contributed by atoms with E-state index in [2.05, 4.69) is 6.07 Å². The molecule has 1 spiro atoms. The Labute approximate surface area is 199 Å². The van der Waals surface area contributed by atoms with Gasteiger partial charge in [-0.3, -0.25) is 0 Å². The van der Waals surface area contributed by atoms with Gasteiger partial charge < -0.3 is 15.2 Å². The third kappa shape index (κ3) is 2.80. The molecule has 1 atom stereocenters. The van der Waals surface area contributed by atoms with Gasteiger partial charge in [0.2, 0.25) is 0 Å². The SMILES string of the molecule is N#Cc1ccc(N)cc1-c1c(C(F)F)ccc2c1C1(OC(=O)c3ccccc31)c1ccccc1O2. The normalized spacial score (nSPS) is 17.3. The van der Waals surface area contributed by atoms with Crippen LogP contribution in [-0.4, -0.2) is 5.97 Å². The molecule has 0 bridgehead atoms. The largest absolute Gasteiger partial charge is 0.456 e. The van der Waals surface area contributed by atoms with E-state index in [1.54, 1.807) is 48.5 Å². The van der Waals surface area contributed by atoms with Gasteiger partial charge in [0.15, 0.2) is 5.60 Å². The van der Waals surface area contributed by atoms with E-state index in [4.69, 9.17) is 15.2 Å². The molecule has 0 radical (unpaired) electrons. The summed E-state index contributed by atoms with van der Waals surface area (Å²) in [6.07, 6.45) is -2.88. The Balaban J connectivity index is 1.82. The maximum Gasteiger partial charge on any atom is 0.340 e. The van der Waals surface area contributed by atoms with Crippen LogP contribution in [0.5, 0.6) is 11.5 Å². The van der Waals surface area contributed by atoms with Gasteiger partial charge in [0, 0.05) is 33.5 Å². The van der Waals surface area contributed by atoms with Crippen molar-refractivity contribution >= 4 is 11.7 Å². The number of para-hydroxylation sites is 1. The molecule has 4 aromatic rings. The molecular weight excluding hydrogens is 450 g/mol. The second kappa shape index (κ2) is 7.40. The van der Waals surface area contributed by atoms with Crippen molar-refractivity contribution in [1.29, 1.82) is 5.26 Å². The van der Waals surface area contributed by atoms with Crippen molar-refractivity contribution in [2.24, 2.45) is 0 Å². The van der Waals surface area contributed by atoms with Gasteiger partial charge in [0.1, 0.15) is 11.5 Å². The topological polar surface area (TPSA) is 85.3 Å². The van der Waals surface area contributed by atoms with E-state index in [1.807, 2.05) is 0 Å². The predicted octanol–water partition coefficient (Wildman–Crippen LogP) is 6.31. The first-order valence-electron chi connectivity index (χ1n) is 10.8. The molecule has 35 heavy (non-hydrogen) atoms. The minimum absolute atomic E-state index is 0.0559. The first kappa shape index (κ1) is 20.9. The molecule has 2 heterocycles. The lowest BCUT2D eigenvalue weighted by atomic mass is 9.73. The second-order valence-corrected chi connectivity index (χ2v) is 8.33. The number of ether oxygens (including phenoxy) is 2. The van der Waals surface area contributed by atoms with Gasteiger partial charge in [-0.1, -0.05) is 36.4 Å². The van der Waals surface area contributed by atoms with Crippen LogP contribution >= 0.6 is 0 Å². The lowest BCUT2D eigenvalue weighted by molar-refractivity contribution is 0.0225. The number of fused-ring (bicyclic) bond motifs is 6. The fourth-order valence-corrected chi connectivity index (χ4v) is 5.07. The van der Waals surface area contributed by atoms with E-state index in [1.165, 1.54) is 30.3 Å². The number of alkyl halides is 2. The average molecular weight is 466 g/mol. The Morgan fingerprint density at radius 2 is 1.63 bits per heavy atom. The standard InChI is InChI=1S/C28H16F2N2O3/c29-26(30)18-11-12-23-25(24(18)19-13-16(32)10-9-15(19)14-31)28(21-7-3-4-8-22(21)34-23)20-6-2-1-5-17(20)27(33)35-28/h1-13,26H,32H2. The summed E-state index contributed by atoms with van der Waals surface area (Å²) in [4.78, 5) is 13.1. The van der Waals surface area contributed by atoms with Crippen molar-refractivity contribution in [3.63, 3.8) is 0 Å². The highest BCUT2D eigenvalue weighted by atomic mass is 19.3. The summed E-state index contributed by atoms with van der Waals surface area (Å²) in [7, 11) is 0. The number of nitrogens with zero attached hydrogens (tertiary/aromatic N) is 1. The van der Waals surface area contributed by atoms with Crippen LogP contribution in [0.3, 0.4) is 0 Å². The summed E-state index contributed by atoms with van der Waals surface area (Å²) in [6, 6.07) is 23.2. The highest BCUT2D eigenvalue weighted by Crippen LogP contribution is 2.59. The minimum atomic E-state index is -2.88. The van der Waals surface area contributed by atoms with Crippen LogP contribution in [0.4, 0.5) is 14.5 Å². The Morgan fingerprint density at radius 1 is 0.886 bits per heavy atom. The summed E-state index contributed by atoms with van der Waals surface area (Å²) < 4.78 is 41.3. The molecule has 7 heteroatoms. The van der Waals surface area contributed by atoms with Crippen LogP contribution in [0.15, 0.2) is 78.9 Å². The number of hydrogen-bond donors (Lipinski definition) is 1. The van der Waals surface area contributed by atoms with Gasteiger partial charge in [0.25, 0.3) is 6.43 Å². The van der Waals surface area contributed by atoms with Crippen LogP contribution in [-0.2, 0) is 10.3 Å². The van der Waals surface area contributed by atoms with Crippen molar-refractivity contribution in [2.45, 2.75) is 12.0 Å². The zero-order valence-corrected chi connectivity index (χ0v) is 18.1. The Kier molecular flexibility index (Phi) is 4.42. The number of carbonyl (C=O) groups is 1. The van der Waals surface area contributed by atoms with E-state index in [-0.39, 0.29) is 33.6 Å². The third-order valence-corrected chi connectivity index (χ3v) is 6.48. The molecule has 0 amide bonds. The van der Waals surface area contributed by atoms with Gasteiger partial charge in [-0.15, -0.1) is 0 Å². The van der Waals surface area contributed by atoms with Crippen LogP contribution in [0, 0.1) is 11.3 Å². The summed E-state index contributed by atoms with van der Waals surface area (Å²) in [5.74, 6) is 0.108. The molecule has 2 aliphatic rings. The maximum atomic E-state index is 14.5. The molecule has 0 aliphatic carbocycles. The van der Waals surface area contributed by atoms with Gasteiger partial charge in [-0.2, -0.15) is 5.26 Å². The third-order valence-electron chi connectivity index (χ3n) is 6.48. The predicted molar refractivity (Wildman–Crippen MR) is 124 cm³/mol. The Bertz CT molecular complexity index is 1590. The van der Waals surface area contributed by atoms with Crippen LogP contribution in [0.2, 0.25) is 0 Å². The number of anilines is 1. The zero-order chi connectivity index (χ0) is 24.3. The zero-order valence-electron chi connectivity index (χ0n) is 18.1. The molecule has 2 N–H and O–H groups in total. The van der Waals surface area contributed by atoms with E-state index in [9.17, 15) is 18.8 Å². The molecule has 170 valence electrons. The monoisotopic (exact) mass is 466 g/mol. The molecule has 1 unspecified atom stereocenters. The lowest BCUT2D eigenvalue weighted by Gasteiger charge is -2.38. The number of rotatable bonds is 2. The summed E-state index contributed by atoms with van der Waals surface area (Å²) in [5.41, 5.74) is 6.43. The van der Waals surface area contributed by atoms with Crippen molar-refractivity contribution in [3.05, 3.63) is 112 Å². The summed E-state index contributed by atoms with van der Waals surface area (Å²) in [6.45, 7) is 0. The van der Waals surface area contributed by atoms with E-state index in [0.29, 0.717) is 28.1 Å². The van der Waals surface area contributed by atoms with Gasteiger partial charge >= 0.3 is 5.97 Å². The molecule has 2 aliphatic heterocycles. The molecule has 6 rings (SSSR count). The van der Waals surface area contributed by atoms with Crippen molar-refractivity contribution in [2.75, 3.05) is 5.73 Å². The average Bonchev–Trinajstić information content (AvgIpc) is 3.16. The van der Waals surface area contributed by atoms with Crippen LogP contribution < -0.4 is 10.5 Å². The van der Waals surface area contributed by atoms with Gasteiger partial charge in [-0.05, 0) is 42.5 Å². The Hall–Kier alpha value is -4.70. The minimum Gasteiger partial charge on any atom is -0.456 e. The van der Waals surface area contributed by atoms with Crippen molar-refractivity contribution in [3.8, 4) is 28.7 Å². The summed E-state index contributed by atoms with van der Waals surface area (Å²) >= 11 is 0. The van der Waals surface area contributed by atoms with Crippen molar-refractivity contribution < 1.29 is 23.0 Å². The molecule has 0 saturated heterocycles. The number of nitrogen functional groups attached to an aromatic ring is 1. The number of halogens is 2. The fourth-order valence-electron chi connectivity index (χ4n) is 5.07. The molecule has 5 nitrogen and oxygen atoms in total. The first-order valence-corrected chi connectivity index (χ1v) is 10.8. The quantitative estimate of drug-likeness (QED) is 0.276. The second-order valence-electron chi connectivity index (χ2n) is 8.33. The number of esters is 1. The van der Waals surface area contributed by atoms with Gasteiger partial charge in [0.05, 0.1) is 22.8 Å². The highest BCUT2D eigenvalue weighted by molar-refractivity contribution is 5.98. The van der Waals surface area contributed by atoms with Crippen molar-refractivity contribution in [1.82, 2.24) is 0 Å². The highest BCUT2D eigenvalue weighted by Gasteiger charge is 2.55. The molecular formula is C28H16F2N2O3. The fraction of sp³-hybridized carbons (Fsp3) is 0.0714. The maximum absolute atomic E-state index is 14.5. The number of nitrogens with two attached hydrogens (primary N) is 1. The number of hydrogen-bond acceptors (Lipinski definition) is 5. The number of benzene rings is 4. The summed E-state index contributed by atoms with van der Waals surface area (Å²) in [5, 5.41) is 9.82. The van der Waals surface area contributed by atoms with E-state index in [0.717, 1.165) is 0 Å². The molecule has 0 saturated carbocycles. The lowest BCUT2D eigenvalue weighted by Crippen LogP contribution is -2.34. The van der Waals surface area contributed by atoms with E-state index < -0.39 is 18.0 Å².